The van der Waals surface area contributed by atoms with E-state index in [9.17, 15) is 22.0 Å². The lowest BCUT2D eigenvalue weighted by atomic mass is 10.1. The van der Waals surface area contributed by atoms with E-state index in [1.807, 2.05) is 0 Å². The molecule has 0 radical (unpaired) electrons. The molecule has 3 rings (SSSR count). The fourth-order valence-corrected chi connectivity index (χ4v) is 6.16. The van der Waals surface area contributed by atoms with Crippen LogP contribution in [0.4, 0.5) is 8.78 Å². The van der Waals surface area contributed by atoms with Gasteiger partial charge in [-0.05, 0) is 36.6 Å². The SMILES string of the molecule is NC(=O)[C@@H](CC1CC1)N(Cc1cc(F)c(Cl)cc1F)S(=O)(=O)c1ccc(Cl)s1. The first-order valence-electron chi connectivity index (χ1n) is 8.29. The van der Waals surface area contributed by atoms with Crippen molar-refractivity contribution in [1.29, 1.82) is 0 Å². The quantitative estimate of drug-likeness (QED) is 0.590. The Morgan fingerprint density at radius 3 is 2.46 bits per heavy atom. The Hall–Kier alpha value is -1.26. The molecule has 5 nitrogen and oxygen atoms in total. The normalized spacial score (nSPS) is 15.8. The van der Waals surface area contributed by atoms with Crippen LogP contribution in [0, 0.1) is 17.6 Å². The van der Waals surface area contributed by atoms with E-state index in [0.717, 1.165) is 40.6 Å². The summed E-state index contributed by atoms with van der Waals surface area (Å²) in [7, 11) is -4.24. The van der Waals surface area contributed by atoms with Gasteiger partial charge in [0.1, 0.15) is 21.9 Å². The molecule has 2 N–H and O–H groups in total. The minimum Gasteiger partial charge on any atom is -0.368 e. The van der Waals surface area contributed by atoms with Crippen LogP contribution >= 0.6 is 34.5 Å². The van der Waals surface area contributed by atoms with E-state index < -0.39 is 45.2 Å². The zero-order valence-electron chi connectivity index (χ0n) is 14.4. The summed E-state index contributed by atoms with van der Waals surface area (Å²) in [5.74, 6) is -2.47. The number of hydrogen-bond donors (Lipinski definition) is 1. The van der Waals surface area contributed by atoms with Gasteiger partial charge >= 0.3 is 0 Å². The number of primary amides is 1. The van der Waals surface area contributed by atoms with Crippen LogP contribution < -0.4 is 5.73 Å². The molecular formula is C17H16Cl2F2N2O3S2. The second-order valence-corrected chi connectivity index (χ2v) is 10.8. The first-order chi connectivity index (χ1) is 13.1. The highest BCUT2D eigenvalue weighted by atomic mass is 35.5. The maximum Gasteiger partial charge on any atom is 0.253 e. The van der Waals surface area contributed by atoms with Gasteiger partial charge in [0.25, 0.3) is 10.0 Å². The van der Waals surface area contributed by atoms with Crippen LogP contribution in [0.2, 0.25) is 9.36 Å². The lowest BCUT2D eigenvalue weighted by Gasteiger charge is -2.28. The van der Waals surface area contributed by atoms with Gasteiger partial charge < -0.3 is 5.73 Å². The summed E-state index contributed by atoms with van der Waals surface area (Å²) in [5, 5.41) is -0.426. The van der Waals surface area contributed by atoms with E-state index in [2.05, 4.69) is 0 Å². The first kappa shape index (κ1) is 21.4. The molecule has 1 saturated carbocycles. The molecule has 1 aromatic heterocycles. The number of carbonyl (C=O) groups is 1. The largest absolute Gasteiger partial charge is 0.368 e. The van der Waals surface area contributed by atoms with Crippen LogP contribution in [0.25, 0.3) is 0 Å². The molecule has 0 spiro atoms. The molecule has 1 amide bonds. The van der Waals surface area contributed by atoms with Crippen molar-refractivity contribution in [2.45, 2.75) is 36.1 Å². The van der Waals surface area contributed by atoms with E-state index in [-0.39, 0.29) is 26.4 Å². The highest BCUT2D eigenvalue weighted by molar-refractivity contribution is 7.91. The van der Waals surface area contributed by atoms with Gasteiger partial charge in [0.05, 0.1) is 9.36 Å². The van der Waals surface area contributed by atoms with Gasteiger partial charge in [-0.2, -0.15) is 4.31 Å². The van der Waals surface area contributed by atoms with Crippen LogP contribution in [0.15, 0.2) is 28.5 Å². The van der Waals surface area contributed by atoms with Crippen LogP contribution in [-0.4, -0.2) is 24.7 Å². The van der Waals surface area contributed by atoms with Crippen LogP contribution in [0.5, 0.6) is 0 Å². The summed E-state index contributed by atoms with van der Waals surface area (Å²) < 4.78 is 55.5. The number of sulfonamides is 1. The molecule has 11 heteroatoms. The van der Waals surface area contributed by atoms with Crippen LogP contribution in [-0.2, 0) is 21.4 Å². The number of hydrogen-bond acceptors (Lipinski definition) is 4. The minimum absolute atomic E-state index is 0.116. The standard InChI is InChI=1S/C17H16Cl2F2N2O3S2/c18-11-7-12(20)10(6-13(11)21)8-23(14(17(22)24)5-9-1-2-9)28(25,26)16-4-3-15(19)27-16/h3-4,6-7,9,14H,1-2,5,8H2,(H2,22,24)/t14-/m1/s1. The maximum atomic E-state index is 14.3. The maximum absolute atomic E-state index is 14.3. The number of carbonyl (C=O) groups excluding carboxylic acids is 1. The first-order valence-corrected chi connectivity index (χ1v) is 11.3. The molecule has 0 saturated heterocycles. The Bertz CT molecular complexity index is 1010. The van der Waals surface area contributed by atoms with E-state index in [1.54, 1.807) is 0 Å². The molecule has 152 valence electrons. The molecule has 1 fully saturated rings. The number of nitrogens with two attached hydrogens (primary N) is 1. The molecule has 0 bridgehead atoms. The third kappa shape index (κ3) is 4.65. The molecule has 1 aliphatic carbocycles. The Kier molecular flexibility index (Phi) is 6.31. The summed E-state index contributed by atoms with van der Waals surface area (Å²) in [6.07, 6.45) is 1.92. The van der Waals surface area contributed by atoms with Crippen molar-refractivity contribution >= 4 is 50.5 Å². The molecule has 1 aromatic carbocycles. The van der Waals surface area contributed by atoms with E-state index in [4.69, 9.17) is 28.9 Å². The Balaban J connectivity index is 2.05. The van der Waals surface area contributed by atoms with Crippen LogP contribution in [0.1, 0.15) is 24.8 Å². The molecule has 1 heterocycles. The highest BCUT2D eigenvalue weighted by Gasteiger charge is 2.39. The van der Waals surface area contributed by atoms with Gasteiger partial charge in [-0.3, -0.25) is 4.79 Å². The summed E-state index contributed by atoms with van der Waals surface area (Å²) in [6.45, 7) is -0.571. The molecule has 1 aliphatic rings. The predicted octanol–water partition coefficient (Wildman–Crippen LogP) is 4.18. The van der Waals surface area contributed by atoms with Crippen molar-refractivity contribution < 1.29 is 22.0 Å². The average Bonchev–Trinajstić information content (AvgIpc) is 3.32. The van der Waals surface area contributed by atoms with Crippen molar-refractivity contribution in [3.63, 3.8) is 0 Å². The van der Waals surface area contributed by atoms with Gasteiger partial charge in [0, 0.05) is 12.1 Å². The van der Waals surface area contributed by atoms with Gasteiger partial charge in [-0.1, -0.05) is 36.0 Å². The second-order valence-electron chi connectivity index (χ2n) is 6.56. The lowest BCUT2D eigenvalue weighted by molar-refractivity contribution is -0.122. The van der Waals surface area contributed by atoms with Gasteiger partial charge in [-0.25, -0.2) is 17.2 Å². The Labute approximate surface area is 175 Å². The summed E-state index contributed by atoms with van der Waals surface area (Å²) >= 11 is 12.2. The zero-order chi connectivity index (χ0) is 20.6. The van der Waals surface area contributed by atoms with E-state index in [1.165, 1.54) is 12.1 Å². The molecule has 0 unspecified atom stereocenters. The molecule has 1 atom stereocenters. The lowest BCUT2D eigenvalue weighted by Crippen LogP contribution is -2.47. The molecule has 0 aliphatic heterocycles. The number of nitrogens with zero attached hydrogens (tertiary/aromatic N) is 1. The summed E-state index contributed by atoms with van der Waals surface area (Å²) in [6, 6.07) is 3.08. The highest BCUT2D eigenvalue weighted by Crippen LogP contribution is 2.37. The van der Waals surface area contributed by atoms with Gasteiger partial charge in [0.15, 0.2) is 0 Å². The Morgan fingerprint density at radius 2 is 1.93 bits per heavy atom. The fourth-order valence-electron chi connectivity index (χ4n) is 2.81. The van der Waals surface area contributed by atoms with Gasteiger partial charge in [-0.15, -0.1) is 11.3 Å². The average molecular weight is 469 g/mol. The number of thiophene rings is 1. The monoisotopic (exact) mass is 468 g/mol. The topological polar surface area (TPSA) is 80.5 Å². The number of benzene rings is 1. The third-order valence-corrected chi connectivity index (χ3v) is 8.30. The van der Waals surface area contributed by atoms with E-state index in [0.29, 0.717) is 0 Å². The summed E-state index contributed by atoms with van der Waals surface area (Å²) in [4.78, 5) is 12.1. The molecular weight excluding hydrogens is 453 g/mol. The predicted molar refractivity (Wildman–Crippen MR) is 104 cm³/mol. The number of rotatable bonds is 8. The smallest absolute Gasteiger partial charge is 0.253 e. The van der Waals surface area contributed by atoms with E-state index >= 15 is 0 Å². The van der Waals surface area contributed by atoms with Gasteiger partial charge in [0.2, 0.25) is 5.91 Å². The van der Waals surface area contributed by atoms with Crippen molar-refractivity contribution in [1.82, 2.24) is 4.31 Å². The molecule has 2 aromatic rings. The number of amides is 1. The van der Waals surface area contributed by atoms with Crippen molar-refractivity contribution in [2.75, 3.05) is 0 Å². The second kappa shape index (κ2) is 8.23. The minimum atomic E-state index is -4.24. The fraction of sp³-hybridized carbons (Fsp3) is 0.353. The van der Waals surface area contributed by atoms with Crippen molar-refractivity contribution in [2.24, 2.45) is 11.7 Å². The van der Waals surface area contributed by atoms with Crippen molar-refractivity contribution in [3.05, 3.63) is 50.8 Å². The summed E-state index contributed by atoms with van der Waals surface area (Å²) in [5.41, 5.74) is 5.23. The zero-order valence-corrected chi connectivity index (χ0v) is 17.5. The third-order valence-electron chi connectivity index (χ3n) is 4.46. The van der Waals surface area contributed by atoms with Crippen LogP contribution in [0.3, 0.4) is 0 Å². The van der Waals surface area contributed by atoms with Crippen molar-refractivity contribution in [3.8, 4) is 0 Å². The number of halogens is 4. The molecule has 28 heavy (non-hydrogen) atoms. The Morgan fingerprint density at radius 1 is 1.25 bits per heavy atom.